The summed E-state index contributed by atoms with van der Waals surface area (Å²) in [4.78, 5) is 65.9. The molecule has 6 saturated carbocycles. The largest absolute Gasteiger partial charge is 0.462 e. The van der Waals surface area contributed by atoms with E-state index in [-0.39, 0.29) is 66.5 Å². The Bertz CT molecular complexity index is 1770. The third-order valence-corrected chi connectivity index (χ3v) is 17.0. The first-order chi connectivity index (χ1) is 25.5. The molecule has 0 bridgehead atoms. The van der Waals surface area contributed by atoms with Crippen LogP contribution in [0.2, 0.25) is 0 Å². The maximum Gasteiger partial charge on any atom is 0.306 e. The van der Waals surface area contributed by atoms with Crippen LogP contribution in [-0.4, -0.2) is 52.7 Å². The van der Waals surface area contributed by atoms with Gasteiger partial charge in [0.15, 0.2) is 12.4 Å². The lowest BCUT2D eigenvalue weighted by atomic mass is 9.46. The van der Waals surface area contributed by atoms with Gasteiger partial charge in [0.1, 0.15) is 17.5 Å². The molecule has 1 N–H and O–H groups in total. The molecular weight excluding hydrogens is 680 g/mol. The van der Waals surface area contributed by atoms with Crippen LogP contribution in [0.4, 0.5) is 0 Å². The van der Waals surface area contributed by atoms with E-state index in [0.717, 1.165) is 44.1 Å². The van der Waals surface area contributed by atoms with Gasteiger partial charge in [-0.2, -0.15) is 0 Å². The molecule has 14 unspecified atom stereocenters. The van der Waals surface area contributed by atoms with Crippen LogP contribution in [0.15, 0.2) is 47.6 Å². The fraction of sp³-hybridized carbons (Fsp3) is 0.717. The summed E-state index contributed by atoms with van der Waals surface area (Å²) in [6.45, 7) is 14.7. The van der Waals surface area contributed by atoms with E-state index in [4.69, 9.17) is 9.47 Å². The lowest BCUT2D eigenvalue weighted by Gasteiger charge is -2.58. The van der Waals surface area contributed by atoms with E-state index >= 15 is 0 Å². The van der Waals surface area contributed by atoms with Gasteiger partial charge in [0.05, 0.1) is 12.8 Å². The van der Waals surface area contributed by atoms with Crippen LogP contribution in [0, 0.1) is 69.5 Å². The van der Waals surface area contributed by atoms with Gasteiger partial charge in [0, 0.05) is 28.6 Å². The number of carbonyl (C=O) groups is 5. The molecule has 8 aliphatic carbocycles. The van der Waals surface area contributed by atoms with E-state index in [9.17, 15) is 29.1 Å². The molecule has 0 saturated heterocycles. The third-order valence-electron chi connectivity index (χ3n) is 17.0. The Balaban J connectivity index is 0.852. The number of hydrogen-bond acceptors (Lipinski definition) is 8. The summed E-state index contributed by atoms with van der Waals surface area (Å²) in [7, 11) is 0. The van der Waals surface area contributed by atoms with Crippen molar-refractivity contribution in [2.75, 3.05) is 6.61 Å². The number of rotatable bonds is 7. The second kappa shape index (κ2) is 13.2. The quantitative estimate of drug-likeness (QED) is 0.265. The highest BCUT2D eigenvalue weighted by molar-refractivity contribution is 6.02. The molecule has 292 valence electrons. The van der Waals surface area contributed by atoms with Crippen LogP contribution in [0.25, 0.3) is 0 Å². The van der Waals surface area contributed by atoms with Gasteiger partial charge in [-0.1, -0.05) is 70.1 Å². The van der Waals surface area contributed by atoms with Gasteiger partial charge < -0.3 is 14.6 Å². The summed E-state index contributed by atoms with van der Waals surface area (Å²) in [5.74, 6) is 1.44. The number of ether oxygens (including phenoxy) is 2. The van der Waals surface area contributed by atoms with Crippen LogP contribution in [0.5, 0.6) is 0 Å². The molecule has 0 spiro atoms. The zero-order chi connectivity index (χ0) is 38.5. The Labute approximate surface area is 320 Å². The van der Waals surface area contributed by atoms with Gasteiger partial charge in [-0.15, -0.1) is 0 Å². The Morgan fingerprint density at radius 2 is 1.67 bits per heavy atom. The van der Waals surface area contributed by atoms with Crippen molar-refractivity contribution in [1.29, 1.82) is 0 Å². The van der Waals surface area contributed by atoms with Gasteiger partial charge in [-0.3, -0.25) is 24.0 Å². The molecule has 0 amide bonds. The van der Waals surface area contributed by atoms with Crippen LogP contribution >= 0.6 is 0 Å². The highest BCUT2D eigenvalue weighted by Gasteiger charge is 2.68. The number of fused-ring (bicyclic) bond motifs is 10. The number of esters is 2. The highest BCUT2D eigenvalue weighted by Crippen LogP contribution is 2.67. The van der Waals surface area contributed by atoms with Crippen molar-refractivity contribution >= 4 is 29.3 Å². The SMILES string of the molecule is C=C1C=C2CC(C)C3C(C(C)CC4(C)C(OC(=O)CCC(=O)OCC(=O)C5(O)CCC6C7CCC8=CC(=O)C=CC8(C)C7C(=O)CC65C)CCC34)C2CC1. The van der Waals surface area contributed by atoms with Crippen LogP contribution in [0.3, 0.4) is 0 Å². The molecule has 0 aromatic rings. The van der Waals surface area contributed by atoms with E-state index in [1.54, 1.807) is 17.7 Å². The first-order valence-electron chi connectivity index (χ1n) is 21.0. The second-order valence-corrected chi connectivity index (χ2v) is 19.7. The van der Waals surface area contributed by atoms with Crippen LogP contribution in [0.1, 0.15) is 118 Å². The minimum absolute atomic E-state index is 0.00908. The van der Waals surface area contributed by atoms with E-state index in [1.165, 1.54) is 12.0 Å². The normalized spacial score (nSPS) is 46.1. The molecule has 6 fully saturated rings. The Morgan fingerprint density at radius 3 is 2.44 bits per heavy atom. The van der Waals surface area contributed by atoms with Crippen molar-refractivity contribution in [1.82, 2.24) is 0 Å². The molecule has 0 radical (unpaired) electrons. The number of Topliss-reactive ketones (excluding diaryl/α,β-unsaturated/α-hetero) is 2. The van der Waals surface area contributed by atoms with E-state index in [0.29, 0.717) is 48.3 Å². The van der Waals surface area contributed by atoms with Crippen molar-refractivity contribution < 1.29 is 38.6 Å². The van der Waals surface area contributed by atoms with Crippen molar-refractivity contribution in [3.8, 4) is 0 Å². The lowest BCUT2D eigenvalue weighted by molar-refractivity contribution is -0.173. The van der Waals surface area contributed by atoms with Crippen molar-refractivity contribution in [3.05, 3.63) is 47.6 Å². The highest BCUT2D eigenvalue weighted by atomic mass is 16.5. The maximum absolute atomic E-state index is 13.9. The third kappa shape index (κ3) is 5.64. The molecule has 8 rings (SSSR count). The first kappa shape index (κ1) is 37.8. The molecule has 14 atom stereocenters. The van der Waals surface area contributed by atoms with E-state index in [2.05, 4.69) is 33.4 Å². The topological polar surface area (TPSA) is 124 Å². The minimum Gasteiger partial charge on any atom is -0.462 e. The fourth-order valence-corrected chi connectivity index (χ4v) is 14.6. The zero-order valence-electron chi connectivity index (χ0n) is 33.0. The summed E-state index contributed by atoms with van der Waals surface area (Å²) in [5, 5.41) is 12.0. The first-order valence-corrected chi connectivity index (χ1v) is 21.0. The fourth-order valence-electron chi connectivity index (χ4n) is 14.6. The number of carbonyl (C=O) groups excluding carboxylic acids is 5. The van der Waals surface area contributed by atoms with E-state index < -0.39 is 40.8 Å². The second-order valence-electron chi connectivity index (χ2n) is 19.7. The van der Waals surface area contributed by atoms with Crippen molar-refractivity contribution in [2.24, 2.45) is 69.5 Å². The Kier molecular flexibility index (Phi) is 9.26. The van der Waals surface area contributed by atoms with Gasteiger partial charge >= 0.3 is 11.9 Å². The average Bonchev–Trinajstić information content (AvgIpc) is 3.57. The maximum atomic E-state index is 13.9. The predicted molar refractivity (Wildman–Crippen MR) is 202 cm³/mol. The summed E-state index contributed by atoms with van der Waals surface area (Å²) in [6.07, 6.45) is 15.6. The molecule has 8 aliphatic rings. The summed E-state index contributed by atoms with van der Waals surface area (Å²) in [6, 6.07) is 0. The zero-order valence-corrected chi connectivity index (χ0v) is 33.0. The number of allylic oxidation sites excluding steroid dienone is 7. The smallest absolute Gasteiger partial charge is 0.306 e. The standard InChI is InChI=1S/C46H60O8/c1-25-7-9-31-28(19-25)20-26(2)41-34-11-12-37(44(34,5)22-27(3)40(31)41)54-39(51)14-13-38(50)53-24-36(49)46(52)18-16-33-32-10-8-29-21-30(47)15-17-43(29,4)42(32)35(48)23-45(33,46)6/h15,17,19,21,26-27,31-34,37,40-42,52H,1,7-14,16,18,20,22-24H2,2-6H3. The Morgan fingerprint density at radius 1 is 0.907 bits per heavy atom. The van der Waals surface area contributed by atoms with Crippen molar-refractivity contribution in [2.45, 2.75) is 130 Å². The van der Waals surface area contributed by atoms with Gasteiger partial charge in [0.25, 0.3) is 0 Å². The van der Waals surface area contributed by atoms with E-state index in [1.807, 2.05) is 19.9 Å². The van der Waals surface area contributed by atoms with Gasteiger partial charge in [-0.25, -0.2) is 0 Å². The monoisotopic (exact) mass is 740 g/mol. The lowest BCUT2D eigenvalue weighted by Crippen LogP contribution is -2.60. The molecule has 8 heteroatoms. The molecular formula is C46H60O8. The summed E-state index contributed by atoms with van der Waals surface area (Å²) in [5.41, 5.74) is 0.462. The van der Waals surface area contributed by atoms with Crippen LogP contribution < -0.4 is 0 Å². The molecule has 0 aromatic carbocycles. The Hall–Kier alpha value is -3.13. The number of ketones is 3. The minimum atomic E-state index is -1.79. The molecule has 0 aliphatic heterocycles. The molecule has 54 heavy (non-hydrogen) atoms. The molecule has 8 nitrogen and oxygen atoms in total. The molecule has 0 aromatic heterocycles. The van der Waals surface area contributed by atoms with Gasteiger partial charge in [-0.05, 0) is 124 Å². The summed E-state index contributed by atoms with van der Waals surface area (Å²) < 4.78 is 11.6. The number of hydrogen-bond donors (Lipinski definition) is 1. The number of aliphatic hydroxyl groups is 1. The average molecular weight is 741 g/mol. The van der Waals surface area contributed by atoms with Crippen molar-refractivity contribution in [3.63, 3.8) is 0 Å². The summed E-state index contributed by atoms with van der Waals surface area (Å²) >= 11 is 0. The van der Waals surface area contributed by atoms with Crippen LogP contribution in [-0.2, 0) is 33.4 Å². The predicted octanol–water partition coefficient (Wildman–Crippen LogP) is 7.63. The van der Waals surface area contributed by atoms with Gasteiger partial charge in [0.2, 0.25) is 5.78 Å². The molecule has 0 heterocycles.